The normalized spacial score (nSPS) is 30.7. The molecule has 21 heavy (non-hydrogen) atoms. The van der Waals surface area contributed by atoms with Gasteiger partial charge in [0.25, 0.3) is 0 Å². The summed E-state index contributed by atoms with van der Waals surface area (Å²) in [4.78, 5) is 16.4. The maximum atomic E-state index is 11.9. The number of carbonyl (C=O) groups is 1. The molecular weight excluding hydrogens is 260 g/mol. The first-order valence-corrected chi connectivity index (χ1v) is 7.89. The third kappa shape index (κ3) is 1.80. The van der Waals surface area contributed by atoms with Gasteiger partial charge in [-0.3, -0.25) is 9.69 Å². The number of anilines is 1. The lowest BCUT2D eigenvalue weighted by Gasteiger charge is -2.23. The molecule has 1 aromatic carbocycles. The molecular formula is C18H22N2O. The fraction of sp³-hybridized carbons (Fsp3) is 0.500. The van der Waals surface area contributed by atoms with Crippen molar-refractivity contribution in [3.63, 3.8) is 0 Å². The van der Waals surface area contributed by atoms with Crippen LogP contribution in [0.15, 0.2) is 23.8 Å². The maximum absolute atomic E-state index is 11.9. The van der Waals surface area contributed by atoms with E-state index in [-0.39, 0.29) is 5.91 Å². The Morgan fingerprint density at radius 1 is 1.29 bits per heavy atom. The van der Waals surface area contributed by atoms with Crippen LogP contribution in [0.2, 0.25) is 0 Å². The van der Waals surface area contributed by atoms with Gasteiger partial charge in [-0.15, -0.1) is 0 Å². The largest absolute Gasteiger partial charge is 0.312 e. The van der Waals surface area contributed by atoms with Gasteiger partial charge in [-0.05, 0) is 42.2 Å². The van der Waals surface area contributed by atoms with Gasteiger partial charge in [0.15, 0.2) is 0 Å². The summed E-state index contributed by atoms with van der Waals surface area (Å²) in [6.07, 6.45) is 3.54. The van der Waals surface area contributed by atoms with Gasteiger partial charge >= 0.3 is 0 Å². The van der Waals surface area contributed by atoms with Gasteiger partial charge in [-0.2, -0.15) is 0 Å². The minimum absolute atomic E-state index is 0.161. The molecule has 1 amide bonds. The zero-order valence-corrected chi connectivity index (χ0v) is 13.0. The number of nitrogens with zero attached hydrogens (tertiary/aromatic N) is 2. The second-order valence-electron chi connectivity index (χ2n) is 6.84. The molecule has 1 aliphatic carbocycles. The third-order valence-electron chi connectivity index (χ3n) is 5.48. The van der Waals surface area contributed by atoms with E-state index < -0.39 is 0 Å². The Morgan fingerprint density at radius 2 is 2.10 bits per heavy atom. The fourth-order valence-corrected chi connectivity index (χ4v) is 4.53. The van der Waals surface area contributed by atoms with Crippen LogP contribution >= 0.6 is 0 Å². The number of carbonyl (C=O) groups excluding carboxylic acids is 1. The molecule has 3 atom stereocenters. The van der Waals surface area contributed by atoms with E-state index in [0.717, 1.165) is 25.2 Å². The van der Waals surface area contributed by atoms with E-state index in [1.165, 1.54) is 11.1 Å². The van der Waals surface area contributed by atoms with Gasteiger partial charge in [0.2, 0.25) is 5.91 Å². The molecule has 4 rings (SSSR count). The van der Waals surface area contributed by atoms with Crippen LogP contribution in [-0.2, 0) is 4.79 Å². The monoisotopic (exact) mass is 282 g/mol. The Hall–Kier alpha value is -1.61. The van der Waals surface area contributed by atoms with Gasteiger partial charge in [-0.1, -0.05) is 25.1 Å². The SMILES string of the molecule is CC(=O)N1C[C@H]2C[C@@H]3C(=Cc4cccc1c42)[C@@H](C)CN3C. The van der Waals surface area contributed by atoms with E-state index in [2.05, 4.69) is 43.1 Å². The molecule has 2 aliphatic heterocycles. The third-order valence-corrected chi connectivity index (χ3v) is 5.48. The number of likely N-dealkylation sites (tertiary alicyclic amines) is 1. The van der Waals surface area contributed by atoms with E-state index in [4.69, 9.17) is 0 Å². The average molecular weight is 282 g/mol. The number of hydrogen-bond donors (Lipinski definition) is 0. The first kappa shape index (κ1) is 13.1. The van der Waals surface area contributed by atoms with Crippen LogP contribution in [0, 0.1) is 5.92 Å². The molecule has 0 unspecified atom stereocenters. The van der Waals surface area contributed by atoms with Gasteiger partial charge in [0, 0.05) is 37.7 Å². The first-order chi connectivity index (χ1) is 10.1. The summed E-state index contributed by atoms with van der Waals surface area (Å²) in [5, 5.41) is 0. The number of benzene rings is 1. The molecule has 0 spiro atoms. The first-order valence-electron chi connectivity index (χ1n) is 7.89. The molecule has 1 fully saturated rings. The Balaban J connectivity index is 1.87. The molecule has 1 aromatic rings. The Kier molecular flexibility index (Phi) is 2.77. The molecule has 0 radical (unpaired) electrons. The van der Waals surface area contributed by atoms with Crippen molar-refractivity contribution < 1.29 is 4.79 Å². The average Bonchev–Trinajstić information content (AvgIpc) is 2.85. The summed E-state index contributed by atoms with van der Waals surface area (Å²) >= 11 is 0. The Bertz CT molecular complexity index is 649. The van der Waals surface area contributed by atoms with Crippen LogP contribution in [0.3, 0.4) is 0 Å². The van der Waals surface area contributed by atoms with Gasteiger partial charge in [0.05, 0.1) is 0 Å². The minimum Gasteiger partial charge on any atom is -0.312 e. The second kappa shape index (κ2) is 4.44. The van der Waals surface area contributed by atoms with E-state index in [1.807, 2.05) is 4.90 Å². The second-order valence-corrected chi connectivity index (χ2v) is 6.84. The van der Waals surface area contributed by atoms with Gasteiger partial charge < -0.3 is 4.90 Å². The highest BCUT2D eigenvalue weighted by Crippen LogP contribution is 2.47. The van der Waals surface area contributed by atoms with Crippen molar-refractivity contribution in [2.45, 2.75) is 32.2 Å². The number of likely N-dealkylation sites (N-methyl/N-ethyl adjacent to an activating group) is 1. The summed E-state index contributed by atoms with van der Waals surface area (Å²) in [7, 11) is 2.23. The zero-order valence-electron chi connectivity index (χ0n) is 13.0. The number of amides is 1. The molecule has 0 saturated carbocycles. The molecule has 3 heteroatoms. The molecule has 3 nitrogen and oxygen atoms in total. The topological polar surface area (TPSA) is 23.6 Å². The quantitative estimate of drug-likeness (QED) is 0.730. The van der Waals surface area contributed by atoms with Crippen molar-refractivity contribution in [3.05, 3.63) is 34.9 Å². The molecule has 3 aliphatic rings. The molecule has 2 heterocycles. The molecule has 1 saturated heterocycles. The summed E-state index contributed by atoms with van der Waals surface area (Å²) in [6, 6.07) is 6.95. The summed E-state index contributed by atoms with van der Waals surface area (Å²) < 4.78 is 0. The Labute approximate surface area is 126 Å². The van der Waals surface area contributed by atoms with Crippen LogP contribution in [0.4, 0.5) is 5.69 Å². The van der Waals surface area contributed by atoms with E-state index in [1.54, 1.807) is 12.5 Å². The van der Waals surface area contributed by atoms with E-state index in [0.29, 0.717) is 17.9 Å². The standard InChI is InChI=1S/C18H22N2O/c1-11-9-19(3)17-8-14-10-20(12(2)21)16-6-4-5-13(18(14)16)7-15(11)17/h4-7,11,14,17H,8-10H2,1-3H3/t11-,14+,17+/m0/s1. The van der Waals surface area contributed by atoms with Crippen LogP contribution < -0.4 is 4.90 Å². The lowest BCUT2D eigenvalue weighted by molar-refractivity contribution is -0.116. The summed E-state index contributed by atoms with van der Waals surface area (Å²) in [6.45, 7) is 6.01. The predicted octanol–water partition coefficient (Wildman–Crippen LogP) is 2.87. The van der Waals surface area contributed by atoms with Gasteiger partial charge in [0.1, 0.15) is 0 Å². The number of hydrogen-bond acceptors (Lipinski definition) is 2. The number of fused-ring (bicyclic) bond motifs is 1. The van der Waals surface area contributed by atoms with Gasteiger partial charge in [-0.25, -0.2) is 0 Å². The van der Waals surface area contributed by atoms with E-state index >= 15 is 0 Å². The summed E-state index contributed by atoms with van der Waals surface area (Å²) in [5.41, 5.74) is 5.45. The maximum Gasteiger partial charge on any atom is 0.223 e. The van der Waals surface area contributed by atoms with Crippen LogP contribution in [0.1, 0.15) is 37.3 Å². The summed E-state index contributed by atoms with van der Waals surface area (Å²) in [5.74, 6) is 1.28. The van der Waals surface area contributed by atoms with Crippen molar-refractivity contribution in [1.82, 2.24) is 4.90 Å². The highest BCUT2D eigenvalue weighted by molar-refractivity contribution is 5.95. The molecule has 0 N–H and O–H groups in total. The van der Waals surface area contributed by atoms with Crippen molar-refractivity contribution in [3.8, 4) is 0 Å². The van der Waals surface area contributed by atoms with Crippen molar-refractivity contribution in [2.75, 3.05) is 25.0 Å². The van der Waals surface area contributed by atoms with Crippen molar-refractivity contribution in [1.29, 1.82) is 0 Å². The lowest BCUT2D eigenvalue weighted by Crippen LogP contribution is -2.31. The van der Waals surface area contributed by atoms with Crippen molar-refractivity contribution in [2.24, 2.45) is 5.92 Å². The molecule has 0 bridgehead atoms. The lowest BCUT2D eigenvalue weighted by atomic mass is 9.92. The molecule has 0 aromatic heterocycles. The van der Waals surface area contributed by atoms with Crippen LogP contribution in [0.25, 0.3) is 6.08 Å². The Morgan fingerprint density at radius 3 is 2.86 bits per heavy atom. The minimum atomic E-state index is 0.161. The van der Waals surface area contributed by atoms with E-state index in [9.17, 15) is 4.79 Å². The highest BCUT2D eigenvalue weighted by atomic mass is 16.2. The van der Waals surface area contributed by atoms with Crippen LogP contribution in [0.5, 0.6) is 0 Å². The highest BCUT2D eigenvalue weighted by Gasteiger charge is 2.41. The van der Waals surface area contributed by atoms with Crippen molar-refractivity contribution >= 4 is 17.7 Å². The molecule has 110 valence electrons. The predicted molar refractivity (Wildman–Crippen MR) is 85.4 cm³/mol. The van der Waals surface area contributed by atoms with Crippen LogP contribution in [-0.4, -0.2) is 37.0 Å². The number of rotatable bonds is 0. The fourth-order valence-electron chi connectivity index (χ4n) is 4.53. The zero-order chi connectivity index (χ0) is 14.7. The smallest absolute Gasteiger partial charge is 0.223 e.